The zero-order valence-electron chi connectivity index (χ0n) is 29.3. The highest BCUT2D eigenvalue weighted by molar-refractivity contribution is 5.76. The highest BCUT2D eigenvalue weighted by Gasteiger charge is 2.33. The van der Waals surface area contributed by atoms with Gasteiger partial charge >= 0.3 is 5.97 Å². The molecule has 8 nitrogen and oxygen atoms in total. The van der Waals surface area contributed by atoms with Crippen molar-refractivity contribution in [3.05, 3.63) is 167 Å². The van der Waals surface area contributed by atoms with Crippen LogP contribution in [0.3, 0.4) is 0 Å². The number of ether oxygens (including phenoxy) is 2. The van der Waals surface area contributed by atoms with E-state index in [0.29, 0.717) is 19.4 Å². The Balaban J connectivity index is 1.18. The van der Waals surface area contributed by atoms with Gasteiger partial charge in [0.2, 0.25) is 5.91 Å². The number of carbonyl (C=O) groups excluding carboxylic acids is 1. The molecule has 1 aliphatic heterocycles. The summed E-state index contributed by atoms with van der Waals surface area (Å²) in [6.45, 7) is 2.66. The molecule has 6 rings (SSSR count). The van der Waals surface area contributed by atoms with Gasteiger partial charge in [-0.2, -0.15) is 0 Å². The van der Waals surface area contributed by atoms with Gasteiger partial charge in [-0.3, -0.25) is 14.5 Å². The molecular formula is C44H46N2O6. The maximum Gasteiger partial charge on any atom is 0.303 e. The molecule has 1 aliphatic rings. The number of aliphatic hydroxyl groups excluding tert-OH is 1. The third kappa shape index (κ3) is 10.7. The maximum atomic E-state index is 12.2. The van der Waals surface area contributed by atoms with E-state index in [1.165, 1.54) is 11.1 Å². The summed E-state index contributed by atoms with van der Waals surface area (Å²) < 4.78 is 13.4. The number of hydrogen-bond donors (Lipinski definition) is 3. The molecule has 0 bridgehead atoms. The minimum Gasteiger partial charge on any atom is -0.481 e. The molecule has 0 radical (unpaired) electrons. The van der Waals surface area contributed by atoms with Crippen LogP contribution in [0.4, 0.5) is 0 Å². The number of nitrogens with one attached hydrogen (secondary N) is 1. The number of carboxylic acids is 1. The summed E-state index contributed by atoms with van der Waals surface area (Å²) in [6.07, 6.45) is 0.303. The van der Waals surface area contributed by atoms with Crippen molar-refractivity contribution in [2.24, 2.45) is 0 Å². The van der Waals surface area contributed by atoms with E-state index in [1.807, 2.05) is 54.6 Å². The fraction of sp³-hybridized carbons (Fsp3) is 0.273. The predicted octanol–water partition coefficient (Wildman–Crippen LogP) is 7.96. The third-order valence-corrected chi connectivity index (χ3v) is 9.30. The van der Waals surface area contributed by atoms with Gasteiger partial charge in [0, 0.05) is 51.0 Å². The molecule has 1 heterocycles. The smallest absolute Gasteiger partial charge is 0.303 e. The molecule has 8 heteroatoms. The lowest BCUT2D eigenvalue weighted by molar-refractivity contribution is -0.253. The van der Waals surface area contributed by atoms with E-state index in [2.05, 4.69) is 89.1 Å². The zero-order valence-corrected chi connectivity index (χ0v) is 29.3. The molecule has 5 aromatic carbocycles. The van der Waals surface area contributed by atoms with Crippen molar-refractivity contribution in [2.75, 3.05) is 6.54 Å². The van der Waals surface area contributed by atoms with Crippen molar-refractivity contribution < 1.29 is 29.3 Å². The van der Waals surface area contributed by atoms with Crippen molar-refractivity contribution in [1.29, 1.82) is 0 Å². The van der Waals surface area contributed by atoms with Crippen molar-refractivity contribution in [1.82, 2.24) is 10.2 Å². The van der Waals surface area contributed by atoms with Crippen LogP contribution in [-0.4, -0.2) is 39.6 Å². The molecule has 1 amide bonds. The highest BCUT2D eigenvalue weighted by Crippen LogP contribution is 2.39. The molecule has 1 saturated heterocycles. The standard InChI is InChI=1S/C44H46N2O6/c47-31-34-17-19-37(20-18-34)41-26-40(30-46(28-32-9-3-1-4-10-32)29-33-11-5-2-6-12-33)51-44(52-41)38-23-21-36(22-24-38)39-14-7-13-35(25-39)27-45-42(48)15-8-16-43(49)50/h1-7,9-14,17-25,40-41,44,47H,8,15-16,26-31H2,(H,45,48)(H,49,50). The van der Waals surface area contributed by atoms with Gasteiger partial charge in [0.25, 0.3) is 0 Å². The van der Waals surface area contributed by atoms with Crippen LogP contribution in [0.25, 0.3) is 11.1 Å². The summed E-state index contributed by atoms with van der Waals surface area (Å²) in [5, 5.41) is 21.3. The Labute approximate surface area is 305 Å². The second kappa shape index (κ2) is 18.4. The second-order valence-corrected chi connectivity index (χ2v) is 13.3. The molecule has 5 aromatic rings. The molecule has 3 N–H and O–H groups in total. The summed E-state index contributed by atoms with van der Waals surface area (Å²) in [6, 6.07) is 45.3. The molecule has 1 fully saturated rings. The molecule has 0 aliphatic carbocycles. The molecule has 3 atom stereocenters. The fourth-order valence-electron chi connectivity index (χ4n) is 6.57. The van der Waals surface area contributed by atoms with Gasteiger partial charge in [0.15, 0.2) is 6.29 Å². The summed E-state index contributed by atoms with van der Waals surface area (Å²) in [7, 11) is 0. The molecule has 0 aromatic heterocycles. The number of nitrogens with zero attached hydrogens (tertiary/aromatic N) is 1. The number of amides is 1. The number of aliphatic carboxylic acids is 1. The van der Waals surface area contributed by atoms with Crippen LogP contribution in [0, 0.1) is 0 Å². The number of aliphatic hydroxyl groups is 1. The minimum atomic E-state index is -0.898. The van der Waals surface area contributed by atoms with Crippen molar-refractivity contribution in [2.45, 2.75) is 70.4 Å². The lowest BCUT2D eigenvalue weighted by atomic mass is 9.98. The van der Waals surface area contributed by atoms with Gasteiger partial charge in [0.1, 0.15) is 0 Å². The van der Waals surface area contributed by atoms with Gasteiger partial charge in [-0.25, -0.2) is 0 Å². The van der Waals surface area contributed by atoms with Crippen LogP contribution in [0.1, 0.15) is 71.5 Å². The van der Waals surface area contributed by atoms with Crippen LogP contribution < -0.4 is 5.32 Å². The number of carboxylic acid groups (broad SMARTS) is 1. The van der Waals surface area contributed by atoms with Gasteiger partial charge < -0.3 is 25.0 Å². The number of hydrogen-bond acceptors (Lipinski definition) is 6. The summed E-state index contributed by atoms with van der Waals surface area (Å²) >= 11 is 0. The summed E-state index contributed by atoms with van der Waals surface area (Å²) in [5.74, 6) is -1.06. The number of carbonyl (C=O) groups is 2. The normalized spacial score (nSPS) is 17.2. The van der Waals surface area contributed by atoms with Crippen LogP contribution in [-0.2, 0) is 45.3 Å². The van der Waals surface area contributed by atoms with E-state index in [4.69, 9.17) is 14.6 Å². The fourth-order valence-corrected chi connectivity index (χ4v) is 6.57. The summed E-state index contributed by atoms with van der Waals surface area (Å²) in [4.78, 5) is 25.4. The van der Waals surface area contributed by atoms with E-state index in [-0.39, 0.29) is 37.6 Å². The average molecular weight is 699 g/mol. The topological polar surface area (TPSA) is 108 Å². The van der Waals surface area contributed by atoms with E-state index in [0.717, 1.165) is 53.0 Å². The lowest BCUT2D eigenvalue weighted by Crippen LogP contribution is -2.39. The Morgan fingerprint density at radius 2 is 1.31 bits per heavy atom. The molecule has 0 spiro atoms. The van der Waals surface area contributed by atoms with Crippen molar-refractivity contribution in [3.63, 3.8) is 0 Å². The second-order valence-electron chi connectivity index (χ2n) is 13.3. The third-order valence-electron chi connectivity index (χ3n) is 9.30. The van der Waals surface area contributed by atoms with Crippen LogP contribution in [0.2, 0.25) is 0 Å². The monoisotopic (exact) mass is 698 g/mol. The summed E-state index contributed by atoms with van der Waals surface area (Å²) in [5.41, 5.74) is 8.33. The first-order chi connectivity index (χ1) is 25.4. The molecular weight excluding hydrogens is 652 g/mol. The maximum absolute atomic E-state index is 12.2. The van der Waals surface area contributed by atoms with Crippen LogP contribution in [0.15, 0.2) is 133 Å². The molecule has 3 unspecified atom stereocenters. The van der Waals surface area contributed by atoms with Crippen molar-refractivity contribution in [3.8, 4) is 11.1 Å². The molecule has 0 saturated carbocycles. The highest BCUT2D eigenvalue weighted by atomic mass is 16.7. The number of rotatable bonds is 16. The van der Waals surface area contributed by atoms with Crippen molar-refractivity contribution >= 4 is 11.9 Å². The molecule has 268 valence electrons. The zero-order chi connectivity index (χ0) is 36.1. The Kier molecular flexibility index (Phi) is 13.0. The van der Waals surface area contributed by atoms with E-state index in [9.17, 15) is 14.7 Å². The van der Waals surface area contributed by atoms with Gasteiger partial charge in [-0.1, -0.05) is 127 Å². The van der Waals surface area contributed by atoms with Crippen LogP contribution >= 0.6 is 0 Å². The Bertz CT molecular complexity index is 1820. The Morgan fingerprint density at radius 1 is 0.673 bits per heavy atom. The first-order valence-corrected chi connectivity index (χ1v) is 17.9. The largest absolute Gasteiger partial charge is 0.481 e. The SMILES string of the molecule is O=C(O)CCCC(=O)NCc1cccc(-c2ccc(C3OC(CN(Cc4ccccc4)Cc4ccccc4)CC(c4ccc(CO)cc4)O3)cc2)c1. The van der Waals surface area contributed by atoms with E-state index in [1.54, 1.807) is 0 Å². The van der Waals surface area contributed by atoms with E-state index < -0.39 is 12.3 Å². The molecule has 52 heavy (non-hydrogen) atoms. The predicted molar refractivity (Wildman–Crippen MR) is 201 cm³/mol. The van der Waals surface area contributed by atoms with Gasteiger partial charge in [-0.05, 0) is 51.4 Å². The van der Waals surface area contributed by atoms with Crippen LogP contribution in [0.5, 0.6) is 0 Å². The minimum absolute atomic E-state index is 0.00735. The first kappa shape index (κ1) is 36.7. The first-order valence-electron chi connectivity index (χ1n) is 17.9. The number of benzene rings is 5. The van der Waals surface area contributed by atoms with E-state index >= 15 is 0 Å². The van der Waals surface area contributed by atoms with Gasteiger partial charge in [0.05, 0.1) is 18.8 Å². The van der Waals surface area contributed by atoms with Gasteiger partial charge in [-0.15, -0.1) is 0 Å². The Hall–Kier alpha value is -5.12. The average Bonchev–Trinajstić information content (AvgIpc) is 3.18. The quantitative estimate of drug-likeness (QED) is 0.0960. The Morgan fingerprint density at radius 3 is 1.94 bits per heavy atom. The lowest BCUT2D eigenvalue weighted by Gasteiger charge is -2.38.